The number of hydrogen-bond donors (Lipinski definition) is 1. The Labute approximate surface area is 176 Å². The Bertz CT molecular complexity index is 861. The van der Waals surface area contributed by atoms with Gasteiger partial charge < -0.3 is 19.7 Å². The summed E-state index contributed by atoms with van der Waals surface area (Å²) < 4.78 is 10.5. The van der Waals surface area contributed by atoms with Crippen molar-refractivity contribution in [3.63, 3.8) is 0 Å². The van der Waals surface area contributed by atoms with Crippen LogP contribution >= 0.6 is 0 Å². The van der Waals surface area contributed by atoms with E-state index in [1.54, 1.807) is 24.3 Å². The standard InChI is InChI=1S/C23H26N2O5/c1-17(30-22(27)12-11-21(26)18-5-3-2-4-6-18)23(28)24-19-7-9-20(10-8-19)25-13-15-29-16-14-25/h2-10,17H,11-16H2,1H3,(H,24,28)/t17-/m0/s1. The maximum Gasteiger partial charge on any atom is 0.307 e. The van der Waals surface area contributed by atoms with Crippen LogP contribution in [0.2, 0.25) is 0 Å². The van der Waals surface area contributed by atoms with E-state index in [1.807, 2.05) is 30.3 Å². The van der Waals surface area contributed by atoms with Gasteiger partial charge in [-0.1, -0.05) is 30.3 Å². The molecular weight excluding hydrogens is 384 g/mol. The molecule has 0 radical (unpaired) electrons. The fourth-order valence-electron chi connectivity index (χ4n) is 3.11. The van der Waals surface area contributed by atoms with Crippen molar-refractivity contribution in [1.29, 1.82) is 0 Å². The van der Waals surface area contributed by atoms with Crippen LogP contribution < -0.4 is 10.2 Å². The van der Waals surface area contributed by atoms with Gasteiger partial charge in [-0.2, -0.15) is 0 Å². The molecule has 1 N–H and O–H groups in total. The highest BCUT2D eigenvalue weighted by Gasteiger charge is 2.19. The maximum atomic E-state index is 12.3. The molecule has 0 aromatic heterocycles. The number of amides is 1. The summed E-state index contributed by atoms with van der Waals surface area (Å²) in [5.41, 5.74) is 2.25. The highest BCUT2D eigenvalue weighted by Crippen LogP contribution is 2.19. The predicted molar refractivity (Wildman–Crippen MR) is 114 cm³/mol. The molecule has 0 aliphatic carbocycles. The Balaban J connectivity index is 1.43. The van der Waals surface area contributed by atoms with Crippen molar-refractivity contribution >= 4 is 29.0 Å². The smallest absolute Gasteiger partial charge is 0.307 e. The van der Waals surface area contributed by atoms with E-state index in [1.165, 1.54) is 6.92 Å². The first kappa shape index (κ1) is 21.5. The molecule has 158 valence electrons. The molecule has 1 saturated heterocycles. The molecule has 30 heavy (non-hydrogen) atoms. The van der Waals surface area contributed by atoms with Crippen molar-refractivity contribution in [2.45, 2.75) is 25.9 Å². The number of carbonyl (C=O) groups excluding carboxylic acids is 3. The Morgan fingerprint density at radius 2 is 1.67 bits per heavy atom. The van der Waals surface area contributed by atoms with Crippen molar-refractivity contribution in [2.24, 2.45) is 0 Å². The van der Waals surface area contributed by atoms with E-state index < -0.39 is 18.0 Å². The fraction of sp³-hybridized carbons (Fsp3) is 0.348. The van der Waals surface area contributed by atoms with Crippen molar-refractivity contribution in [3.8, 4) is 0 Å². The highest BCUT2D eigenvalue weighted by atomic mass is 16.5. The van der Waals surface area contributed by atoms with Gasteiger partial charge in [0, 0.05) is 36.4 Å². The Morgan fingerprint density at radius 3 is 2.33 bits per heavy atom. The zero-order valence-electron chi connectivity index (χ0n) is 17.0. The largest absolute Gasteiger partial charge is 0.453 e. The number of anilines is 2. The van der Waals surface area contributed by atoms with Gasteiger partial charge in [0.05, 0.1) is 19.6 Å². The molecule has 1 amide bonds. The van der Waals surface area contributed by atoms with Crippen molar-refractivity contribution in [3.05, 3.63) is 60.2 Å². The lowest BCUT2D eigenvalue weighted by molar-refractivity contribution is -0.153. The number of benzene rings is 2. The van der Waals surface area contributed by atoms with Gasteiger partial charge in [0.1, 0.15) is 0 Å². The maximum absolute atomic E-state index is 12.3. The molecule has 3 rings (SSSR count). The van der Waals surface area contributed by atoms with Gasteiger partial charge in [0.15, 0.2) is 11.9 Å². The molecule has 7 nitrogen and oxygen atoms in total. The van der Waals surface area contributed by atoms with E-state index in [2.05, 4.69) is 10.2 Å². The summed E-state index contributed by atoms with van der Waals surface area (Å²) in [6.45, 7) is 4.60. The first-order valence-electron chi connectivity index (χ1n) is 10.0. The molecule has 1 heterocycles. The third-order valence-electron chi connectivity index (χ3n) is 4.84. The molecule has 1 atom stereocenters. The Morgan fingerprint density at radius 1 is 1.00 bits per heavy atom. The van der Waals surface area contributed by atoms with Crippen LogP contribution in [0.3, 0.4) is 0 Å². The van der Waals surface area contributed by atoms with E-state index in [0.717, 1.165) is 18.8 Å². The van der Waals surface area contributed by atoms with Crippen LogP contribution in [0.1, 0.15) is 30.1 Å². The Hall–Kier alpha value is -3.19. The number of morpholine rings is 1. The monoisotopic (exact) mass is 410 g/mol. The zero-order chi connectivity index (χ0) is 21.3. The van der Waals surface area contributed by atoms with Crippen LogP contribution in [0.15, 0.2) is 54.6 Å². The van der Waals surface area contributed by atoms with Crippen molar-refractivity contribution in [2.75, 3.05) is 36.5 Å². The quantitative estimate of drug-likeness (QED) is 0.532. The number of Topliss-reactive ketones (excluding diaryl/α,β-unsaturated/α-hetero) is 1. The van der Waals surface area contributed by atoms with Crippen LogP contribution in [-0.2, 0) is 19.1 Å². The predicted octanol–water partition coefficient (Wildman–Crippen LogP) is 3.06. The number of ether oxygens (including phenoxy) is 2. The van der Waals surface area contributed by atoms with E-state index in [-0.39, 0.29) is 18.6 Å². The normalized spacial score (nSPS) is 14.6. The van der Waals surface area contributed by atoms with Gasteiger partial charge >= 0.3 is 5.97 Å². The number of carbonyl (C=O) groups is 3. The zero-order valence-corrected chi connectivity index (χ0v) is 17.0. The third kappa shape index (κ3) is 6.15. The lowest BCUT2D eigenvalue weighted by Gasteiger charge is -2.28. The van der Waals surface area contributed by atoms with Gasteiger partial charge in [-0.05, 0) is 31.2 Å². The molecule has 1 fully saturated rings. The third-order valence-corrected chi connectivity index (χ3v) is 4.84. The summed E-state index contributed by atoms with van der Waals surface area (Å²) >= 11 is 0. The van der Waals surface area contributed by atoms with Gasteiger partial charge in [0.25, 0.3) is 5.91 Å². The molecule has 2 aromatic rings. The number of esters is 1. The lowest BCUT2D eigenvalue weighted by atomic mass is 10.1. The molecule has 0 unspecified atom stereocenters. The average Bonchev–Trinajstić information content (AvgIpc) is 2.79. The minimum Gasteiger partial charge on any atom is -0.453 e. The van der Waals surface area contributed by atoms with Gasteiger partial charge in [0.2, 0.25) is 0 Å². The first-order chi connectivity index (χ1) is 14.5. The van der Waals surface area contributed by atoms with Gasteiger partial charge in [-0.3, -0.25) is 14.4 Å². The average molecular weight is 410 g/mol. The van der Waals surface area contributed by atoms with Crippen LogP contribution in [-0.4, -0.2) is 50.1 Å². The van der Waals surface area contributed by atoms with E-state index >= 15 is 0 Å². The van der Waals surface area contributed by atoms with Crippen LogP contribution in [0.5, 0.6) is 0 Å². The molecule has 0 saturated carbocycles. The summed E-state index contributed by atoms with van der Waals surface area (Å²) in [5, 5.41) is 2.74. The first-order valence-corrected chi connectivity index (χ1v) is 10.0. The SMILES string of the molecule is C[C@H](OC(=O)CCC(=O)c1ccccc1)C(=O)Nc1ccc(N2CCOCC2)cc1. The molecule has 7 heteroatoms. The summed E-state index contributed by atoms with van der Waals surface area (Å²) in [6, 6.07) is 16.3. The summed E-state index contributed by atoms with van der Waals surface area (Å²) in [7, 11) is 0. The number of nitrogens with one attached hydrogen (secondary N) is 1. The lowest BCUT2D eigenvalue weighted by Crippen LogP contribution is -2.36. The minimum atomic E-state index is -0.955. The topological polar surface area (TPSA) is 84.9 Å². The Kier molecular flexibility index (Phi) is 7.57. The van der Waals surface area contributed by atoms with Crippen LogP contribution in [0.25, 0.3) is 0 Å². The second-order valence-corrected chi connectivity index (χ2v) is 7.06. The fourth-order valence-corrected chi connectivity index (χ4v) is 3.11. The summed E-state index contributed by atoms with van der Waals surface area (Å²) in [4.78, 5) is 38.6. The molecule has 2 aromatic carbocycles. The molecule has 0 bridgehead atoms. The van der Waals surface area contributed by atoms with Crippen LogP contribution in [0.4, 0.5) is 11.4 Å². The number of rotatable bonds is 8. The van der Waals surface area contributed by atoms with E-state index in [9.17, 15) is 14.4 Å². The van der Waals surface area contributed by atoms with Crippen molar-refractivity contribution in [1.82, 2.24) is 0 Å². The van der Waals surface area contributed by atoms with Gasteiger partial charge in [-0.15, -0.1) is 0 Å². The van der Waals surface area contributed by atoms with Crippen LogP contribution in [0, 0.1) is 0 Å². The van der Waals surface area contributed by atoms with E-state index in [4.69, 9.17) is 9.47 Å². The molecule has 1 aliphatic heterocycles. The number of hydrogen-bond acceptors (Lipinski definition) is 6. The van der Waals surface area contributed by atoms with E-state index in [0.29, 0.717) is 24.5 Å². The number of ketones is 1. The summed E-state index contributed by atoms with van der Waals surface area (Å²) in [5.74, 6) is -1.13. The molecule has 0 spiro atoms. The summed E-state index contributed by atoms with van der Waals surface area (Å²) in [6.07, 6.45) is -0.983. The minimum absolute atomic E-state index is 0.0419. The molecular formula is C23H26N2O5. The second-order valence-electron chi connectivity index (χ2n) is 7.06. The highest BCUT2D eigenvalue weighted by molar-refractivity contribution is 5.98. The van der Waals surface area contributed by atoms with Crippen molar-refractivity contribution < 1.29 is 23.9 Å². The number of nitrogens with zero attached hydrogens (tertiary/aromatic N) is 1. The molecule has 1 aliphatic rings. The second kappa shape index (κ2) is 10.5. The van der Waals surface area contributed by atoms with Gasteiger partial charge in [-0.25, -0.2) is 0 Å².